The Bertz CT molecular complexity index is 463. The van der Waals surface area contributed by atoms with Gasteiger partial charge in [0.15, 0.2) is 11.5 Å². The minimum Gasteiger partial charge on any atom is -0.493 e. The van der Waals surface area contributed by atoms with E-state index in [0.29, 0.717) is 23.0 Å². The van der Waals surface area contributed by atoms with Crippen molar-refractivity contribution in [1.82, 2.24) is 0 Å². The van der Waals surface area contributed by atoms with Crippen LogP contribution in [0.25, 0.3) is 0 Å². The van der Waals surface area contributed by atoms with E-state index in [1.54, 1.807) is 12.1 Å². The Morgan fingerprint density at radius 1 is 1.15 bits per heavy atom. The topological polar surface area (TPSA) is 106 Å². The highest BCUT2D eigenvalue weighted by Gasteiger charge is 2.27. The van der Waals surface area contributed by atoms with E-state index < -0.39 is 11.4 Å². The van der Waals surface area contributed by atoms with E-state index in [-0.39, 0.29) is 6.61 Å². The molecule has 4 N–H and O–H groups in total. The van der Waals surface area contributed by atoms with E-state index >= 15 is 0 Å². The molecule has 0 aliphatic heterocycles. The van der Waals surface area contributed by atoms with Crippen LogP contribution in [0.5, 0.6) is 23.0 Å². The van der Waals surface area contributed by atoms with Crippen LogP contribution in [-0.2, 0) is 4.79 Å². The van der Waals surface area contributed by atoms with E-state index in [0.717, 1.165) is 0 Å². The van der Waals surface area contributed by atoms with Crippen molar-refractivity contribution in [2.45, 2.75) is 12.5 Å². The predicted molar refractivity (Wildman–Crippen MR) is 73.4 cm³/mol. The summed E-state index contributed by atoms with van der Waals surface area (Å²) < 4.78 is 21.0. The van der Waals surface area contributed by atoms with Crippen LogP contribution < -0.4 is 30.4 Å². The van der Waals surface area contributed by atoms with Gasteiger partial charge in [0, 0.05) is 12.1 Å². The Kier molecular flexibility index (Phi) is 5.04. The molecule has 20 heavy (non-hydrogen) atoms. The fraction of sp³-hybridized carbons (Fsp3) is 0.462. The lowest BCUT2D eigenvalue weighted by Crippen LogP contribution is -2.53. The van der Waals surface area contributed by atoms with Gasteiger partial charge in [0.2, 0.25) is 11.7 Å². The molecule has 0 aliphatic rings. The summed E-state index contributed by atoms with van der Waals surface area (Å²) in [6.45, 7) is 1.42. The second-order valence-electron chi connectivity index (χ2n) is 4.43. The quantitative estimate of drug-likeness (QED) is 0.745. The van der Waals surface area contributed by atoms with Crippen molar-refractivity contribution in [2.75, 3.05) is 27.9 Å². The number of carbonyl (C=O) groups is 1. The van der Waals surface area contributed by atoms with Crippen LogP contribution in [0.3, 0.4) is 0 Å². The standard InChI is InChI=1S/C13H20N2O5/c1-13(15,12(14)16)7-20-8-5-9(17-2)11(19-4)10(6-8)18-3/h5-6H,7,15H2,1-4H3,(H2,14,16). The van der Waals surface area contributed by atoms with Crippen molar-refractivity contribution in [3.05, 3.63) is 12.1 Å². The summed E-state index contributed by atoms with van der Waals surface area (Å²) in [5.74, 6) is 1.12. The highest BCUT2D eigenvalue weighted by molar-refractivity contribution is 5.84. The van der Waals surface area contributed by atoms with Crippen LogP contribution in [0.15, 0.2) is 12.1 Å². The minimum atomic E-state index is -1.26. The number of benzene rings is 1. The average Bonchev–Trinajstić information content (AvgIpc) is 2.43. The van der Waals surface area contributed by atoms with Gasteiger partial charge in [-0.05, 0) is 6.92 Å². The molecule has 1 aromatic rings. The van der Waals surface area contributed by atoms with Gasteiger partial charge in [-0.25, -0.2) is 0 Å². The van der Waals surface area contributed by atoms with Crippen LogP contribution in [0.1, 0.15) is 6.92 Å². The zero-order valence-electron chi connectivity index (χ0n) is 12.1. The first-order chi connectivity index (χ1) is 9.35. The van der Waals surface area contributed by atoms with Crippen LogP contribution in [0.2, 0.25) is 0 Å². The molecule has 0 saturated carbocycles. The third-order valence-corrected chi connectivity index (χ3v) is 2.74. The average molecular weight is 284 g/mol. The maximum absolute atomic E-state index is 11.1. The van der Waals surface area contributed by atoms with E-state index in [2.05, 4.69) is 0 Å². The third kappa shape index (κ3) is 3.45. The summed E-state index contributed by atoms with van der Waals surface area (Å²) in [7, 11) is 4.50. The van der Waals surface area contributed by atoms with Gasteiger partial charge in [0.1, 0.15) is 17.9 Å². The second kappa shape index (κ2) is 6.33. The van der Waals surface area contributed by atoms with Gasteiger partial charge in [0.25, 0.3) is 0 Å². The molecule has 0 radical (unpaired) electrons. The number of primary amides is 1. The Morgan fingerprint density at radius 2 is 1.65 bits per heavy atom. The van der Waals surface area contributed by atoms with Gasteiger partial charge in [-0.1, -0.05) is 0 Å². The molecular formula is C13H20N2O5. The molecule has 1 atom stereocenters. The molecule has 0 bridgehead atoms. The van der Waals surface area contributed by atoms with Crippen LogP contribution >= 0.6 is 0 Å². The van der Waals surface area contributed by atoms with Gasteiger partial charge >= 0.3 is 0 Å². The number of ether oxygens (including phenoxy) is 4. The molecule has 1 aromatic carbocycles. The molecule has 0 aliphatic carbocycles. The summed E-state index contributed by atoms with van der Waals surface area (Å²) in [6, 6.07) is 3.22. The number of nitrogens with two attached hydrogens (primary N) is 2. The molecule has 0 spiro atoms. The van der Waals surface area contributed by atoms with Gasteiger partial charge in [-0.3, -0.25) is 4.79 Å². The summed E-state index contributed by atoms with van der Waals surface area (Å²) in [6.07, 6.45) is 0. The normalized spacial score (nSPS) is 13.2. The highest BCUT2D eigenvalue weighted by Crippen LogP contribution is 2.40. The molecule has 1 unspecified atom stereocenters. The van der Waals surface area contributed by atoms with Crippen LogP contribution in [-0.4, -0.2) is 39.4 Å². The lowest BCUT2D eigenvalue weighted by Gasteiger charge is -2.21. The van der Waals surface area contributed by atoms with Gasteiger partial charge < -0.3 is 30.4 Å². The number of amides is 1. The minimum absolute atomic E-state index is 0.0685. The number of hydrogen-bond donors (Lipinski definition) is 2. The molecule has 0 heterocycles. The maximum Gasteiger partial charge on any atom is 0.240 e. The highest BCUT2D eigenvalue weighted by atomic mass is 16.5. The zero-order chi connectivity index (χ0) is 15.3. The summed E-state index contributed by atoms with van der Waals surface area (Å²) in [4.78, 5) is 11.1. The first-order valence-electron chi connectivity index (χ1n) is 5.87. The van der Waals surface area contributed by atoms with Gasteiger partial charge in [0.05, 0.1) is 21.3 Å². The first kappa shape index (κ1) is 15.9. The monoisotopic (exact) mass is 284 g/mol. The van der Waals surface area contributed by atoms with Crippen molar-refractivity contribution in [1.29, 1.82) is 0 Å². The number of rotatable bonds is 7. The molecule has 1 amide bonds. The molecular weight excluding hydrogens is 264 g/mol. The summed E-state index contributed by atoms with van der Waals surface area (Å²) >= 11 is 0. The molecule has 112 valence electrons. The third-order valence-electron chi connectivity index (χ3n) is 2.74. The van der Waals surface area contributed by atoms with Crippen molar-refractivity contribution in [3.63, 3.8) is 0 Å². The van der Waals surface area contributed by atoms with Crippen LogP contribution in [0, 0.1) is 0 Å². The molecule has 0 aromatic heterocycles. The summed E-state index contributed by atoms with van der Waals surface area (Å²) in [5.41, 5.74) is 9.63. The fourth-order valence-corrected chi connectivity index (χ4v) is 1.44. The smallest absolute Gasteiger partial charge is 0.240 e. The van der Waals surface area contributed by atoms with E-state index in [1.165, 1.54) is 28.3 Å². The Balaban J connectivity index is 3.00. The molecule has 7 nitrogen and oxygen atoms in total. The van der Waals surface area contributed by atoms with Gasteiger partial charge in [-0.15, -0.1) is 0 Å². The lowest BCUT2D eigenvalue weighted by molar-refractivity contribution is -0.123. The number of carbonyl (C=O) groups excluding carboxylic acids is 1. The van der Waals surface area contributed by atoms with Crippen LogP contribution in [0.4, 0.5) is 0 Å². The number of hydrogen-bond acceptors (Lipinski definition) is 6. The van der Waals surface area contributed by atoms with E-state index in [4.69, 9.17) is 30.4 Å². The summed E-state index contributed by atoms with van der Waals surface area (Å²) in [5, 5.41) is 0. The molecule has 0 saturated heterocycles. The molecule has 0 fully saturated rings. The molecule has 7 heteroatoms. The predicted octanol–water partition coefficient (Wildman–Crippen LogP) is 0.294. The zero-order valence-corrected chi connectivity index (χ0v) is 12.1. The molecule has 1 rings (SSSR count). The van der Waals surface area contributed by atoms with Crippen molar-refractivity contribution >= 4 is 5.91 Å². The SMILES string of the molecule is COc1cc(OCC(C)(N)C(N)=O)cc(OC)c1OC. The Hall–Kier alpha value is -2.15. The van der Waals surface area contributed by atoms with E-state index in [1.807, 2.05) is 0 Å². The number of methoxy groups -OCH3 is 3. The Morgan fingerprint density at radius 3 is 2.00 bits per heavy atom. The fourth-order valence-electron chi connectivity index (χ4n) is 1.44. The maximum atomic E-state index is 11.1. The van der Waals surface area contributed by atoms with Crippen molar-refractivity contribution in [3.8, 4) is 23.0 Å². The Labute approximate surface area is 117 Å². The van der Waals surface area contributed by atoms with E-state index in [9.17, 15) is 4.79 Å². The lowest BCUT2D eigenvalue weighted by atomic mass is 10.1. The van der Waals surface area contributed by atoms with Crippen molar-refractivity contribution < 1.29 is 23.7 Å². The first-order valence-corrected chi connectivity index (χ1v) is 5.87. The van der Waals surface area contributed by atoms with Gasteiger partial charge in [-0.2, -0.15) is 0 Å². The largest absolute Gasteiger partial charge is 0.493 e. The second-order valence-corrected chi connectivity index (χ2v) is 4.43. The van der Waals surface area contributed by atoms with Crippen molar-refractivity contribution in [2.24, 2.45) is 11.5 Å².